The summed E-state index contributed by atoms with van der Waals surface area (Å²) in [6.07, 6.45) is -4.72. The molecule has 0 radical (unpaired) electrons. The minimum atomic E-state index is -3.41. The third kappa shape index (κ3) is 0.853. The molecule has 0 aromatic heterocycles. The van der Waals surface area contributed by atoms with Crippen molar-refractivity contribution in [2.45, 2.75) is 6.11 Å². The zero-order valence-electron chi connectivity index (χ0n) is 3.69. The Morgan fingerprint density at radius 3 is 2.38 bits per heavy atom. The van der Waals surface area contributed by atoms with Crippen LogP contribution in [-0.4, -0.2) is 18.9 Å². The van der Waals surface area contributed by atoms with Crippen LogP contribution in [0.4, 0.5) is 13.6 Å². The van der Waals surface area contributed by atoms with Crippen molar-refractivity contribution in [1.29, 1.82) is 0 Å². The van der Waals surface area contributed by atoms with Gasteiger partial charge in [0.2, 0.25) is 0 Å². The first kappa shape index (κ1) is 5.27. The standard InChI is InChI=1S/C3H2F2O3/c4-3(5)1-7-2(6)8-3/h1H2. The lowest BCUT2D eigenvalue weighted by molar-refractivity contribution is -0.170. The first-order chi connectivity index (χ1) is 3.60. The third-order valence-corrected chi connectivity index (χ3v) is 0.591. The molecule has 1 aliphatic rings. The molecule has 1 heterocycles. The van der Waals surface area contributed by atoms with Crippen molar-refractivity contribution in [2.24, 2.45) is 0 Å². The topological polar surface area (TPSA) is 35.5 Å². The first-order valence-corrected chi connectivity index (χ1v) is 1.84. The van der Waals surface area contributed by atoms with Gasteiger partial charge in [0.25, 0.3) is 0 Å². The minimum absolute atomic E-state index is 0.966. The van der Waals surface area contributed by atoms with Crippen LogP contribution < -0.4 is 0 Å². The van der Waals surface area contributed by atoms with E-state index >= 15 is 0 Å². The Hall–Kier alpha value is -0.870. The Balaban J connectivity index is 2.56. The molecule has 0 unspecified atom stereocenters. The molecule has 0 amide bonds. The Morgan fingerprint density at radius 1 is 1.62 bits per heavy atom. The summed E-state index contributed by atoms with van der Waals surface area (Å²) >= 11 is 0. The molecule has 5 heteroatoms. The maximum atomic E-state index is 11.6. The molecular weight excluding hydrogens is 122 g/mol. The van der Waals surface area contributed by atoms with Gasteiger partial charge in [-0.1, -0.05) is 0 Å². The molecule has 0 saturated carbocycles. The Kier molecular flexibility index (Phi) is 0.858. The molecule has 0 aromatic carbocycles. The van der Waals surface area contributed by atoms with Crippen LogP contribution in [0.1, 0.15) is 0 Å². The number of hydrogen-bond donors (Lipinski definition) is 0. The highest BCUT2D eigenvalue weighted by atomic mass is 19.3. The molecule has 1 aliphatic heterocycles. The Labute approximate surface area is 43.2 Å². The molecule has 0 aliphatic carbocycles. The van der Waals surface area contributed by atoms with Crippen LogP contribution in [0.5, 0.6) is 0 Å². The van der Waals surface area contributed by atoms with Gasteiger partial charge >= 0.3 is 12.3 Å². The van der Waals surface area contributed by atoms with Gasteiger partial charge in [0.05, 0.1) is 0 Å². The van der Waals surface area contributed by atoms with Crippen molar-refractivity contribution in [3.8, 4) is 0 Å². The van der Waals surface area contributed by atoms with E-state index in [1.54, 1.807) is 0 Å². The van der Waals surface area contributed by atoms with E-state index in [2.05, 4.69) is 9.47 Å². The predicted molar refractivity (Wildman–Crippen MR) is 17.4 cm³/mol. The van der Waals surface area contributed by atoms with Crippen molar-refractivity contribution in [2.75, 3.05) is 6.61 Å². The van der Waals surface area contributed by atoms with Gasteiger partial charge in [-0.3, -0.25) is 0 Å². The monoisotopic (exact) mass is 124 g/mol. The molecule has 3 nitrogen and oxygen atoms in total. The van der Waals surface area contributed by atoms with E-state index in [0.717, 1.165) is 0 Å². The van der Waals surface area contributed by atoms with Crippen LogP contribution in [0.2, 0.25) is 0 Å². The van der Waals surface area contributed by atoms with Crippen molar-refractivity contribution in [1.82, 2.24) is 0 Å². The highest BCUT2D eigenvalue weighted by molar-refractivity contribution is 5.61. The zero-order chi connectivity index (χ0) is 6.20. The fraction of sp³-hybridized carbons (Fsp3) is 0.667. The first-order valence-electron chi connectivity index (χ1n) is 1.84. The fourth-order valence-corrected chi connectivity index (χ4v) is 0.324. The third-order valence-electron chi connectivity index (χ3n) is 0.591. The van der Waals surface area contributed by atoms with Crippen molar-refractivity contribution >= 4 is 6.16 Å². The molecule has 0 N–H and O–H groups in total. The molecule has 8 heavy (non-hydrogen) atoms. The number of cyclic esters (lactones) is 2. The summed E-state index contributed by atoms with van der Waals surface area (Å²) < 4.78 is 30.4. The highest BCUT2D eigenvalue weighted by Crippen LogP contribution is 2.22. The van der Waals surface area contributed by atoms with Gasteiger partial charge in [-0.05, 0) is 0 Å². The lowest BCUT2D eigenvalue weighted by atomic mass is 10.7. The van der Waals surface area contributed by atoms with E-state index < -0.39 is 18.9 Å². The van der Waals surface area contributed by atoms with Crippen LogP contribution in [0.3, 0.4) is 0 Å². The number of hydrogen-bond acceptors (Lipinski definition) is 3. The molecule has 0 spiro atoms. The normalized spacial score (nSPS) is 24.5. The number of halogens is 2. The summed E-state index contributed by atoms with van der Waals surface area (Å²) in [7, 11) is 0. The summed E-state index contributed by atoms with van der Waals surface area (Å²) in [5.41, 5.74) is 0. The molecule has 1 saturated heterocycles. The van der Waals surface area contributed by atoms with E-state index in [-0.39, 0.29) is 0 Å². The molecule has 0 atom stereocenters. The van der Waals surface area contributed by atoms with Gasteiger partial charge in [-0.25, -0.2) is 4.79 Å². The summed E-state index contributed by atoms with van der Waals surface area (Å²) in [4.78, 5) is 9.73. The fourth-order valence-electron chi connectivity index (χ4n) is 0.324. The smallest absolute Gasteiger partial charge is 0.423 e. The van der Waals surface area contributed by atoms with E-state index in [4.69, 9.17) is 0 Å². The maximum Gasteiger partial charge on any atom is 0.513 e. The number of carbonyl (C=O) groups excluding carboxylic acids is 1. The number of rotatable bonds is 0. The van der Waals surface area contributed by atoms with Crippen molar-refractivity contribution in [3.05, 3.63) is 0 Å². The largest absolute Gasteiger partial charge is 0.513 e. The minimum Gasteiger partial charge on any atom is -0.423 e. The van der Waals surface area contributed by atoms with E-state index in [0.29, 0.717) is 0 Å². The van der Waals surface area contributed by atoms with Crippen LogP contribution >= 0.6 is 0 Å². The van der Waals surface area contributed by atoms with Gasteiger partial charge in [0.15, 0.2) is 6.61 Å². The zero-order valence-corrected chi connectivity index (χ0v) is 3.69. The molecule has 0 bridgehead atoms. The van der Waals surface area contributed by atoms with Gasteiger partial charge < -0.3 is 9.47 Å². The average Bonchev–Trinajstić information content (AvgIpc) is 1.82. The highest BCUT2D eigenvalue weighted by Gasteiger charge is 2.43. The molecule has 46 valence electrons. The summed E-state index contributed by atoms with van der Waals surface area (Å²) in [6.45, 7) is -0.966. The van der Waals surface area contributed by atoms with Gasteiger partial charge in [0, 0.05) is 0 Å². The lowest BCUT2D eigenvalue weighted by Gasteiger charge is -1.98. The summed E-state index contributed by atoms with van der Waals surface area (Å²) in [6, 6.07) is 0. The van der Waals surface area contributed by atoms with Crippen LogP contribution in [0.15, 0.2) is 0 Å². The number of carbonyl (C=O) groups is 1. The van der Waals surface area contributed by atoms with Gasteiger partial charge in [-0.15, -0.1) is 0 Å². The lowest BCUT2D eigenvalue weighted by Crippen LogP contribution is -2.17. The van der Waals surface area contributed by atoms with Crippen molar-refractivity contribution < 1.29 is 23.0 Å². The van der Waals surface area contributed by atoms with Gasteiger partial charge in [0.1, 0.15) is 0 Å². The second-order valence-electron chi connectivity index (χ2n) is 1.28. The Bertz CT molecular complexity index is 122. The molecule has 1 fully saturated rings. The summed E-state index contributed by atoms with van der Waals surface area (Å²) in [5.74, 6) is 0. The molecular formula is C3H2F2O3. The summed E-state index contributed by atoms with van der Waals surface area (Å²) in [5, 5.41) is 0. The van der Waals surface area contributed by atoms with E-state index in [1.807, 2.05) is 0 Å². The van der Waals surface area contributed by atoms with Crippen LogP contribution in [0.25, 0.3) is 0 Å². The predicted octanol–water partition coefficient (Wildman–Crippen LogP) is 0.746. The van der Waals surface area contributed by atoms with E-state index in [9.17, 15) is 13.6 Å². The van der Waals surface area contributed by atoms with Crippen LogP contribution in [-0.2, 0) is 9.47 Å². The maximum absolute atomic E-state index is 11.6. The van der Waals surface area contributed by atoms with Gasteiger partial charge in [-0.2, -0.15) is 8.78 Å². The second-order valence-corrected chi connectivity index (χ2v) is 1.28. The van der Waals surface area contributed by atoms with Crippen molar-refractivity contribution in [3.63, 3.8) is 0 Å². The average molecular weight is 124 g/mol. The van der Waals surface area contributed by atoms with E-state index in [1.165, 1.54) is 0 Å². The van der Waals surface area contributed by atoms with Crippen LogP contribution in [0, 0.1) is 0 Å². The quantitative estimate of drug-likeness (QED) is 0.447. The Morgan fingerprint density at radius 2 is 2.25 bits per heavy atom. The molecule has 0 aromatic rings. The number of alkyl halides is 2. The second kappa shape index (κ2) is 1.30. The molecule has 1 rings (SSSR count). The SMILES string of the molecule is O=C1OCC(F)(F)O1. The number of ether oxygens (including phenoxy) is 2.